The molecule has 0 aliphatic heterocycles. The van der Waals surface area contributed by atoms with Gasteiger partial charge in [0.2, 0.25) is 5.91 Å². The standard InChI is InChI=1S/C18H16ClN3O7/c19-11-29-17(24)13-3-7-14(8-4-13)21(16(23)9-20)18(25)28-10-12-1-5-15(6-2-12)22(26)27/h1-8H,9-11,20H2. The molecule has 0 unspecified atom stereocenters. The summed E-state index contributed by atoms with van der Waals surface area (Å²) in [6.07, 6.45) is -0.991. The second-order valence-corrected chi connectivity index (χ2v) is 5.72. The van der Waals surface area contributed by atoms with Crippen molar-refractivity contribution in [1.82, 2.24) is 0 Å². The molecule has 0 bridgehead atoms. The normalized spacial score (nSPS) is 10.1. The molecule has 2 aromatic rings. The second-order valence-electron chi connectivity index (χ2n) is 5.50. The number of benzene rings is 2. The number of ether oxygens (including phenoxy) is 2. The molecular weight excluding hydrogens is 406 g/mol. The van der Waals surface area contributed by atoms with Gasteiger partial charge in [-0.25, -0.2) is 14.5 Å². The maximum absolute atomic E-state index is 12.4. The first-order valence-corrected chi connectivity index (χ1v) is 8.67. The van der Waals surface area contributed by atoms with E-state index in [0.29, 0.717) is 5.56 Å². The molecule has 0 saturated carbocycles. The van der Waals surface area contributed by atoms with Crippen molar-refractivity contribution in [2.75, 3.05) is 17.5 Å². The number of halogens is 1. The molecule has 0 spiro atoms. The number of non-ortho nitro benzene ring substituents is 1. The number of anilines is 1. The van der Waals surface area contributed by atoms with E-state index < -0.39 is 29.4 Å². The van der Waals surface area contributed by atoms with E-state index >= 15 is 0 Å². The van der Waals surface area contributed by atoms with E-state index in [0.717, 1.165) is 4.90 Å². The maximum atomic E-state index is 12.4. The number of imide groups is 1. The van der Waals surface area contributed by atoms with Crippen molar-refractivity contribution in [2.45, 2.75) is 6.61 Å². The highest BCUT2D eigenvalue weighted by Crippen LogP contribution is 2.19. The number of carbonyl (C=O) groups is 3. The first-order chi connectivity index (χ1) is 13.9. The Hall–Kier alpha value is -3.50. The zero-order valence-corrected chi connectivity index (χ0v) is 15.7. The molecule has 0 fully saturated rings. The first kappa shape index (κ1) is 21.8. The highest BCUT2D eigenvalue weighted by molar-refractivity contribution is 6.17. The van der Waals surface area contributed by atoms with E-state index in [1.54, 1.807) is 0 Å². The molecule has 11 heteroatoms. The Labute approximate surface area is 169 Å². The molecule has 29 heavy (non-hydrogen) atoms. The van der Waals surface area contributed by atoms with Gasteiger partial charge in [-0.05, 0) is 42.0 Å². The van der Waals surface area contributed by atoms with Gasteiger partial charge in [-0.2, -0.15) is 0 Å². The lowest BCUT2D eigenvalue weighted by molar-refractivity contribution is -0.384. The Balaban J connectivity index is 2.12. The van der Waals surface area contributed by atoms with Crippen LogP contribution >= 0.6 is 11.6 Å². The molecule has 2 N–H and O–H groups in total. The lowest BCUT2D eigenvalue weighted by atomic mass is 10.2. The molecular formula is C18H16ClN3O7. The number of nitrogens with zero attached hydrogens (tertiary/aromatic N) is 2. The summed E-state index contributed by atoms with van der Waals surface area (Å²) in [6, 6.07) is 10.5. The molecule has 2 aromatic carbocycles. The third-order valence-corrected chi connectivity index (χ3v) is 3.77. The Morgan fingerprint density at radius 1 is 1.03 bits per heavy atom. The Morgan fingerprint density at radius 2 is 1.66 bits per heavy atom. The van der Waals surface area contributed by atoms with Crippen molar-refractivity contribution in [3.05, 3.63) is 69.8 Å². The minimum absolute atomic E-state index is 0.104. The number of hydrogen-bond donors (Lipinski definition) is 1. The van der Waals surface area contributed by atoms with E-state index in [1.807, 2.05) is 0 Å². The maximum Gasteiger partial charge on any atom is 0.421 e. The summed E-state index contributed by atoms with van der Waals surface area (Å²) in [5.74, 6) is -1.39. The molecule has 0 aliphatic carbocycles. The number of carbonyl (C=O) groups excluding carboxylic acids is 3. The Morgan fingerprint density at radius 3 is 2.17 bits per heavy atom. The molecule has 10 nitrogen and oxygen atoms in total. The largest absolute Gasteiger partial charge is 0.446 e. The quantitative estimate of drug-likeness (QED) is 0.311. The van der Waals surface area contributed by atoms with Gasteiger partial charge in [0.25, 0.3) is 5.69 Å². The molecule has 152 valence electrons. The van der Waals surface area contributed by atoms with E-state index in [2.05, 4.69) is 4.74 Å². The van der Waals surface area contributed by atoms with Crippen LogP contribution in [0.2, 0.25) is 0 Å². The fraction of sp³-hybridized carbons (Fsp3) is 0.167. The van der Waals surface area contributed by atoms with Crippen molar-refractivity contribution >= 4 is 40.9 Å². The zero-order chi connectivity index (χ0) is 21.4. The SMILES string of the molecule is NCC(=O)N(C(=O)OCc1ccc([N+](=O)[O-])cc1)c1ccc(C(=O)OCCl)cc1. The number of nitro benzene ring substituents is 1. The van der Waals surface area contributed by atoms with Gasteiger partial charge in [-0.15, -0.1) is 0 Å². The Bertz CT molecular complexity index is 901. The molecule has 0 aliphatic rings. The number of nitrogens with two attached hydrogens (primary N) is 1. The number of esters is 1. The second kappa shape index (κ2) is 10.2. The number of alkyl halides is 1. The van der Waals surface area contributed by atoms with E-state index in [9.17, 15) is 24.5 Å². The molecule has 0 saturated heterocycles. The van der Waals surface area contributed by atoms with Crippen LogP contribution in [0.15, 0.2) is 48.5 Å². The van der Waals surface area contributed by atoms with Crippen LogP contribution in [0.1, 0.15) is 15.9 Å². The third kappa shape index (κ3) is 5.74. The molecule has 0 heterocycles. The van der Waals surface area contributed by atoms with Crippen LogP contribution in [0.5, 0.6) is 0 Å². The van der Waals surface area contributed by atoms with E-state index in [-0.39, 0.29) is 29.6 Å². The van der Waals surface area contributed by atoms with Crippen LogP contribution in [-0.2, 0) is 20.9 Å². The van der Waals surface area contributed by atoms with Gasteiger partial charge in [-0.1, -0.05) is 11.6 Å². The highest BCUT2D eigenvalue weighted by Gasteiger charge is 2.24. The molecule has 0 atom stereocenters. The van der Waals surface area contributed by atoms with Crippen LogP contribution < -0.4 is 10.6 Å². The van der Waals surface area contributed by atoms with E-state index in [1.165, 1.54) is 48.5 Å². The van der Waals surface area contributed by atoms with Crippen LogP contribution in [0.4, 0.5) is 16.2 Å². The van der Waals surface area contributed by atoms with Gasteiger partial charge in [0.05, 0.1) is 22.7 Å². The summed E-state index contributed by atoms with van der Waals surface area (Å²) in [7, 11) is 0. The van der Waals surface area contributed by atoms with Crippen molar-refractivity contribution in [2.24, 2.45) is 5.73 Å². The average molecular weight is 422 g/mol. The number of amides is 2. The van der Waals surface area contributed by atoms with Crippen LogP contribution in [0.25, 0.3) is 0 Å². The molecule has 2 amide bonds. The highest BCUT2D eigenvalue weighted by atomic mass is 35.5. The number of nitro groups is 1. The topological polar surface area (TPSA) is 142 Å². The minimum atomic E-state index is -0.991. The van der Waals surface area contributed by atoms with Crippen molar-refractivity contribution < 1.29 is 28.8 Å². The predicted octanol–water partition coefficient (Wildman–Crippen LogP) is 2.58. The number of hydrogen-bond acceptors (Lipinski definition) is 8. The van der Waals surface area contributed by atoms with Crippen LogP contribution in [-0.4, -0.2) is 35.5 Å². The van der Waals surface area contributed by atoms with E-state index in [4.69, 9.17) is 22.1 Å². The molecule has 2 rings (SSSR count). The van der Waals surface area contributed by atoms with Crippen LogP contribution in [0, 0.1) is 10.1 Å². The van der Waals surface area contributed by atoms with Crippen LogP contribution in [0.3, 0.4) is 0 Å². The molecule has 0 aromatic heterocycles. The fourth-order valence-electron chi connectivity index (χ4n) is 2.25. The van der Waals surface area contributed by atoms with Gasteiger partial charge in [0.1, 0.15) is 6.61 Å². The third-order valence-electron chi connectivity index (χ3n) is 3.66. The monoisotopic (exact) mass is 421 g/mol. The smallest absolute Gasteiger partial charge is 0.421 e. The van der Waals surface area contributed by atoms with Gasteiger partial charge >= 0.3 is 12.1 Å². The lowest BCUT2D eigenvalue weighted by Crippen LogP contribution is -2.41. The fourth-order valence-corrected chi connectivity index (χ4v) is 2.34. The predicted molar refractivity (Wildman–Crippen MR) is 102 cm³/mol. The summed E-state index contributed by atoms with van der Waals surface area (Å²) >= 11 is 5.33. The van der Waals surface area contributed by atoms with Crippen molar-refractivity contribution in [1.29, 1.82) is 0 Å². The summed E-state index contributed by atoms with van der Waals surface area (Å²) in [4.78, 5) is 47.0. The minimum Gasteiger partial charge on any atom is -0.446 e. The summed E-state index contributed by atoms with van der Waals surface area (Å²) in [5, 5.41) is 10.7. The summed E-state index contributed by atoms with van der Waals surface area (Å²) in [6.45, 7) is -0.673. The van der Waals surface area contributed by atoms with Crippen molar-refractivity contribution in [3.63, 3.8) is 0 Å². The average Bonchev–Trinajstić information content (AvgIpc) is 2.73. The Kier molecular flexibility index (Phi) is 7.63. The zero-order valence-electron chi connectivity index (χ0n) is 14.9. The van der Waals surface area contributed by atoms with Gasteiger partial charge < -0.3 is 15.2 Å². The van der Waals surface area contributed by atoms with Crippen molar-refractivity contribution in [3.8, 4) is 0 Å². The lowest BCUT2D eigenvalue weighted by Gasteiger charge is -2.20. The van der Waals surface area contributed by atoms with Gasteiger partial charge in [-0.3, -0.25) is 14.9 Å². The van der Waals surface area contributed by atoms with Gasteiger partial charge in [0, 0.05) is 12.1 Å². The molecule has 0 radical (unpaired) electrons. The first-order valence-electron chi connectivity index (χ1n) is 8.13. The number of rotatable bonds is 7. The van der Waals surface area contributed by atoms with Gasteiger partial charge in [0.15, 0.2) is 6.07 Å². The summed E-state index contributed by atoms with van der Waals surface area (Å²) < 4.78 is 9.76. The summed E-state index contributed by atoms with van der Waals surface area (Å²) in [5.41, 5.74) is 6.06.